The fourth-order valence-corrected chi connectivity index (χ4v) is 3.50. The zero-order chi connectivity index (χ0) is 27.7. The third-order valence-corrected chi connectivity index (χ3v) is 5.39. The number of phenols is 1. The van der Waals surface area contributed by atoms with Crippen LogP contribution in [0, 0.1) is 0 Å². The molecule has 0 saturated heterocycles. The lowest BCUT2D eigenvalue weighted by Gasteiger charge is -2.15. The van der Waals surface area contributed by atoms with Crippen LogP contribution in [0.25, 0.3) is 11.6 Å². The Morgan fingerprint density at radius 1 is 0.921 bits per heavy atom. The molecule has 0 heterocycles. The molecular formula is C28H30N4O6. The summed E-state index contributed by atoms with van der Waals surface area (Å²) in [7, 11) is 4.85. The molecule has 10 heteroatoms. The Bertz CT molecular complexity index is 1320. The summed E-state index contributed by atoms with van der Waals surface area (Å²) in [5, 5.41) is 9.99. The Morgan fingerprint density at radius 2 is 1.55 bits per heavy atom. The molecule has 3 rings (SSSR count). The quantitative estimate of drug-likeness (QED) is 0.194. The molecule has 0 saturated carbocycles. The minimum absolute atomic E-state index is 0.0328. The molecule has 3 aromatic carbocycles. The number of aromatic hydroxyl groups is 1. The summed E-state index contributed by atoms with van der Waals surface area (Å²) >= 11 is 0. The number of hydrogen-bond acceptors (Lipinski definition) is 6. The van der Waals surface area contributed by atoms with Gasteiger partial charge in [0.25, 0.3) is 5.91 Å². The predicted molar refractivity (Wildman–Crippen MR) is 143 cm³/mol. The lowest BCUT2D eigenvalue weighted by molar-refractivity contribution is -0.123. The topological polar surface area (TPSA) is 143 Å². The van der Waals surface area contributed by atoms with Gasteiger partial charge in [0.05, 0.1) is 7.11 Å². The number of benzene rings is 3. The van der Waals surface area contributed by atoms with Crippen LogP contribution in [-0.2, 0) is 16.0 Å². The van der Waals surface area contributed by atoms with E-state index in [2.05, 4.69) is 5.43 Å². The molecule has 0 aliphatic carbocycles. The van der Waals surface area contributed by atoms with Crippen LogP contribution in [0.1, 0.15) is 23.1 Å². The second-order valence-electron chi connectivity index (χ2n) is 8.53. The van der Waals surface area contributed by atoms with E-state index in [0.29, 0.717) is 40.4 Å². The van der Waals surface area contributed by atoms with Crippen LogP contribution in [0.15, 0.2) is 66.7 Å². The summed E-state index contributed by atoms with van der Waals surface area (Å²) in [5.41, 5.74) is 11.8. The molecular weight excluding hydrogens is 488 g/mol. The van der Waals surface area contributed by atoms with Crippen molar-refractivity contribution in [2.75, 3.05) is 21.2 Å². The first-order chi connectivity index (χ1) is 18.1. The Hall–Kier alpha value is -4.99. The number of carbonyl (C=O) groups is 3. The number of nitrogens with one attached hydrogen (secondary N) is 2. The van der Waals surface area contributed by atoms with E-state index in [4.69, 9.17) is 15.2 Å². The molecule has 198 valence electrons. The summed E-state index contributed by atoms with van der Waals surface area (Å²) in [5.74, 6) is 1.14. The predicted octanol–water partition coefficient (Wildman–Crippen LogP) is 3.45. The average molecular weight is 519 g/mol. The Morgan fingerprint density at radius 3 is 2.13 bits per heavy atom. The third kappa shape index (κ3) is 8.02. The highest BCUT2D eigenvalue weighted by molar-refractivity contribution is 6.24. The molecule has 0 aliphatic rings. The van der Waals surface area contributed by atoms with Gasteiger partial charge in [-0.3, -0.25) is 15.0 Å². The molecule has 0 atom stereocenters. The second-order valence-corrected chi connectivity index (χ2v) is 8.53. The summed E-state index contributed by atoms with van der Waals surface area (Å²) < 4.78 is 11.1. The number of likely N-dealkylation sites (N-methyl/N-ethyl adjacent to an activating group) is 1. The minimum atomic E-state index is -0.832. The van der Waals surface area contributed by atoms with Gasteiger partial charge in [0.15, 0.2) is 0 Å². The second kappa shape index (κ2) is 12.8. The number of primary amides is 1. The number of nitrogens with two attached hydrogens (primary N) is 1. The number of hydrazine groups is 1. The van der Waals surface area contributed by atoms with Gasteiger partial charge in [-0.15, -0.1) is 0 Å². The average Bonchev–Trinajstić information content (AvgIpc) is 2.90. The molecule has 3 aromatic rings. The fraction of sp³-hybridized carbons (Fsp3) is 0.179. The van der Waals surface area contributed by atoms with Gasteiger partial charge >= 0.3 is 6.03 Å². The SMILES string of the molecule is COc1cc(O)cc(/C=C(/C(=O)N(C)C)c2ccc(Oc3ccc(CCC(=O)NNC(N)=O)cc3)cc2)c1. The summed E-state index contributed by atoms with van der Waals surface area (Å²) in [6, 6.07) is 18.3. The number of methoxy groups -OCH3 is 1. The number of rotatable bonds is 9. The Kier molecular flexibility index (Phi) is 9.31. The number of aryl methyl sites for hydroxylation is 1. The van der Waals surface area contributed by atoms with Crippen LogP contribution in [0.2, 0.25) is 0 Å². The van der Waals surface area contributed by atoms with Crippen molar-refractivity contribution in [2.24, 2.45) is 5.73 Å². The van der Waals surface area contributed by atoms with E-state index in [1.54, 1.807) is 68.7 Å². The molecule has 0 bridgehead atoms. The monoisotopic (exact) mass is 518 g/mol. The zero-order valence-electron chi connectivity index (χ0n) is 21.4. The first kappa shape index (κ1) is 27.6. The Labute approximate surface area is 220 Å². The first-order valence-electron chi connectivity index (χ1n) is 11.7. The van der Waals surface area contributed by atoms with E-state index in [-0.39, 0.29) is 24.0 Å². The van der Waals surface area contributed by atoms with E-state index < -0.39 is 6.03 Å². The standard InChI is InChI=1S/C28H30N4O6/c1-32(2)27(35)25(16-19-14-21(33)17-24(15-19)37-3)20-7-11-23(12-8-20)38-22-9-4-18(5-10-22)6-13-26(34)30-31-28(29)36/h4-5,7-12,14-17,33H,6,13H2,1-3H3,(H,30,34)(H3,29,31,36)/b25-16+. The number of hydrogen-bond donors (Lipinski definition) is 4. The van der Waals surface area contributed by atoms with Crippen molar-refractivity contribution < 1.29 is 29.0 Å². The van der Waals surface area contributed by atoms with E-state index >= 15 is 0 Å². The molecule has 38 heavy (non-hydrogen) atoms. The van der Waals surface area contributed by atoms with Gasteiger partial charge in [-0.25, -0.2) is 10.2 Å². The van der Waals surface area contributed by atoms with Crippen LogP contribution in [-0.4, -0.2) is 49.1 Å². The van der Waals surface area contributed by atoms with E-state index in [1.807, 2.05) is 17.6 Å². The van der Waals surface area contributed by atoms with Gasteiger partial charge in [-0.1, -0.05) is 24.3 Å². The smallest absolute Gasteiger partial charge is 0.330 e. The van der Waals surface area contributed by atoms with Crippen LogP contribution in [0.4, 0.5) is 4.79 Å². The van der Waals surface area contributed by atoms with Crippen molar-refractivity contribution in [3.63, 3.8) is 0 Å². The number of carbonyl (C=O) groups excluding carboxylic acids is 3. The first-order valence-corrected chi connectivity index (χ1v) is 11.7. The summed E-state index contributed by atoms with van der Waals surface area (Å²) in [6.45, 7) is 0. The third-order valence-electron chi connectivity index (χ3n) is 5.39. The lowest BCUT2D eigenvalue weighted by Crippen LogP contribution is -2.44. The molecule has 4 amide bonds. The van der Waals surface area contributed by atoms with E-state index in [9.17, 15) is 19.5 Å². The van der Waals surface area contributed by atoms with Gasteiger partial charge in [0, 0.05) is 32.2 Å². The summed E-state index contributed by atoms with van der Waals surface area (Å²) in [4.78, 5) is 36.7. The van der Waals surface area contributed by atoms with Crippen molar-refractivity contribution in [3.8, 4) is 23.0 Å². The Balaban J connectivity index is 1.71. The van der Waals surface area contributed by atoms with Crippen molar-refractivity contribution >= 4 is 29.5 Å². The van der Waals surface area contributed by atoms with E-state index in [0.717, 1.165) is 5.56 Å². The van der Waals surface area contributed by atoms with Crippen LogP contribution < -0.4 is 26.1 Å². The highest BCUT2D eigenvalue weighted by atomic mass is 16.5. The van der Waals surface area contributed by atoms with Crippen molar-refractivity contribution in [3.05, 3.63) is 83.4 Å². The van der Waals surface area contributed by atoms with Gasteiger partial charge in [0.2, 0.25) is 5.91 Å². The number of nitrogens with zero attached hydrogens (tertiary/aromatic N) is 1. The molecule has 0 fully saturated rings. The van der Waals surface area contributed by atoms with Crippen LogP contribution in [0.3, 0.4) is 0 Å². The molecule has 0 unspecified atom stereocenters. The van der Waals surface area contributed by atoms with Crippen molar-refractivity contribution in [2.45, 2.75) is 12.8 Å². The van der Waals surface area contributed by atoms with Crippen LogP contribution in [0.5, 0.6) is 23.0 Å². The lowest BCUT2D eigenvalue weighted by atomic mass is 10.0. The maximum Gasteiger partial charge on any atom is 0.330 e. The molecule has 0 radical (unpaired) electrons. The number of ether oxygens (including phenoxy) is 2. The van der Waals surface area contributed by atoms with Gasteiger partial charge in [-0.05, 0) is 65.6 Å². The van der Waals surface area contributed by atoms with Gasteiger partial charge in [-0.2, -0.15) is 0 Å². The van der Waals surface area contributed by atoms with Gasteiger partial charge in [0.1, 0.15) is 23.0 Å². The molecule has 5 N–H and O–H groups in total. The van der Waals surface area contributed by atoms with Gasteiger partial charge < -0.3 is 25.2 Å². The van der Waals surface area contributed by atoms with Crippen molar-refractivity contribution in [1.29, 1.82) is 0 Å². The van der Waals surface area contributed by atoms with Crippen molar-refractivity contribution in [1.82, 2.24) is 15.8 Å². The number of amides is 4. The molecule has 0 aromatic heterocycles. The highest BCUT2D eigenvalue weighted by Gasteiger charge is 2.15. The fourth-order valence-electron chi connectivity index (χ4n) is 3.50. The molecule has 0 spiro atoms. The van der Waals surface area contributed by atoms with Crippen LogP contribution >= 0.6 is 0 Å². The number of phenolic OH excluding ortho intramolecular Hbond substituents is 1. The highest BCUT2D eigenvalue weighted by Crippen LogP contribution is 2.28. The summed E-state index contributed by atoms with van der Waals surface area (Å²) in [6.07, 6.45) is 2.35. The minimum Gasteiger partial charge on any atom is -0.508 e. The largest absolute Gasteiger partial charge is 0.508 e. The van der Waals surface area contributed by atoms with E-state index in [1.165, 1.54) is 18.1 Å². The maximum absolute atomic E-state index is 12.9. The normalized spacial score (nSPS) is 10.9. The zero-order valence-corrected chi connectivity index (χ0v) is 21.4. The molecule has 0 aliphatic heterocycles. The maximum atomic E-state index is 12.9. The molecule has 10 nitrogen and oxygen atoms in total. The number of urea groups is 1.